The fourth-order valence-electron chi connectivity index (χ4n) is 5.64. The van der Waals surface area contributed by atoms with E-state index in [9.17, 15) is 13.6 Å². The van der Waals surface area contributed by atoms with E-state index >= 15 is 0 Å². The molecule has 0 bridgehead atoms. The van der Waals surface area contributed by atoms with Crippen LogP contribution >= 0.6 is 11.3 Å². The first-order chi connectivity index (χ1) is 21.5. The molecule has 6 heterocycles. The number of rotatable bonds is 8. The number of nitrogens with two attached hydrogens (primary N) is 1. The van der Waals surface area contributed by atoms with Crippen molar-refractivity contribution in [2.75, 3.05) is 56.6 Å². The Labute approximate surface area is 259 Å². The Balaban J connectivity index is 1.01. The highest BCUT2D eigenvalue weighted by Crippen LogP contribution is 2.31. The summed E-state index contributed by atoms with van der Waals surface area (Å²) in [4.78, 5) is 26.0. The Morgan fingerprint density at radius 2 is 1.89 bits per heavy atom. The van der Waals surface area contributed by atoms with Crippen molar-refractivity contribution < 1.29 is 27.4 Å². The first kappa shape index (κ1) is 29.6. The van der Waals surface area contributed by atoms with Crippen LogP contribution in [-0.2, 0) is 16.0 Å². The third-order valence-corrected chi connectivity index (χ3v) is 8.89. The van der Waals surface area contributed by atoms with Crippen molar-refractivity contribution in [1.82, 2.24) is 29.0 Å². The van der Waals surface area contributed by atoms with E-state index in [1.807, 2.05) is 17.9 Å². The molecule has 2 saturated heterocycles. The molecule has 0 saturated carbocycles. The number of hydrogen-bond acceptors (Lipinski definition) is 12. The zero-order valence-corrected chi connectivity index (χ0v) is 25.8. The van der Waals surface area contributed by atoms with Gasteiger partial charge in [0.25, 0.3) is 0 Å². The lowest BCUT2D eigenvalue weighted by molar-refractivity contribution is -0.141. The van der Waals surface area contributed by atoms with Gasteiger partial charge < -0.3 is 29.3 Å². The van der Waals surface area contributed by atoms with Crippen molar-refractivity contribution in [3.63, 3.8) is 0 Å². The fourth-order valence-corrected chi connectivity index (χ4v) is 6.57. The topological polar surface area (TPSA) is 138 Å². The van der Waals surface area contributed by atoms with Gasteiger partial charge in [0.15, 0.2) is 34.4 Å². The Morgan fingerprint density at radius 1 is 1.09 bits per heavy atom. The second kappa shape index (κ2) is 11.3. The maximum Gasteiger partial charge on any atom is 0.309 e. The van der Waals surface area contributed by atoms with Crippen LogP contribution in [0.2, 0.25) is 0 Å². The molecule has 2 aliphatic heterocycles. The van der Waals surface area contributed by atoms with Gasteiger partial charge >= 0.3 is 4.87 Å². The number of anilines is 2. The average molecular weight is 643 g/mol. The first-order valence-corrected chi connectivity index (χ1v) is 15.4. The molecule has 7 rings (SSSR count). The number of thiazole rings is 1. The van der Waals surface area contributed by atoms with Crippen LogP contribution in [0.3, 0.4) is 0 Å². The molecule has 2 aliphatic rings. The highest BCUT2D eigenvalue weighted by molar-refractivity contribution is 7.17. The molecule has 0 aliphatic carbocycles. The third-order valence-electron chi connectivity index (χ3n) is 7.92. The molecular weight excluding hydrogens is 610 g/mol. The average Bonchev–Trinajstić information content (AvgIpc) is 3.78. The van der Waals surface area contributed by atoms with Crippen LogP contribution in [0.1, 0.15) is 19.6 Å². The number of ether oxygens (including phenoxy) is 3. The molecule has 1 atom stereocenters. The molecule has 2 N–H and O–H groups in total. The zero-order chi connectivity index (χ0) is 31.5. The van der Waals surface area contributed by atoms with Crippen LogP contribution in [0.4, 0.5) is 20.4 Å². The summed E-state index contributed by atoms with van der Waals surface area (Å²) in [7, 11) is 0. The summed E-state index contributed by atoms with van der Waals surface area (Å²) < 4.78 is 55.5. The van der Waals surface area contributed by atoms with E-state index in [0.29, 0.717) is 73.5 Å². The normalized spacial score (nSPS) is 18.9. The number of aromatic nitrogens is 5. The van der Waals surface area contributed by atoms with Crippen LogP contribution in [0.15, 0.2) is 33.5 Å². The van der Waals surface area contributed by atoms with Gasteiger partial charge in [0.1, 0.15) is 29.0 Å². The van der Waals surface area contributed by atoms with Gasteiger partial charge in [-0.1, -0.05) is 11.3 Å². The lowest BCUT2D eigenvalue weighted by Gasteiger charge is -2.36. The van der Waals surface area contributed by atoms with Crippen LogP contribution in [0.25, 0.3) is 27.6 Å². The number of furan rings is 1. The van der Waals surface area contributed by atoms with Crippen LogP contribution in [0, 0.1) is 18.6 Å². The molecule has 2 fully saturated rings. The SMILES string of the molecule is Cc1ccc(-c2nc3c4sc(=O)n(CCN5CCN(c6cc(OC[C@H]7COC(C)(C)O7)c(F)cc6F)CC5)c4nc(N)n3n2)o1. The predicted molar refractivity (Wildman–Crippen MR) is 163 cm³/mol. The summed E-state index contributed by atoms with van der Waals surface area (Å²) in [5, 5.41) is 4.43. The molecule has 5 aromatic rings. The molecule has 45 heavy (non-hydrogen) atoms. The summed E-state index contributed by atoms with van der Waals surface area (Å²) in [6.07, 6.45) is -0.345. The quantitative estimate of drug-likeness (QED) is 0.267. The van der Waals surface area contributed by atoms with E-state index in [-0.39, 0.29) is 35.0 Å². The monoisotopic (exact) mass is 642 g/mol. The van der Waals surface area contributed by atoms with Crippen molar-refractivity contribution in [2.45, 2.75) is 39.2 Å². The number of nitrogen functional groups attached to an aromatic ring is 1. The molecule has 1 aromatic carbocycles. The van der Waals surface area contributed by atoms with Gasteiger partial charge in [-0.15, -0.1) is 5.10 Å². The molecule has 0 amide bonds. The van der Waals surface area contributed by atoms with E-state index in [0.717, 1.165) is 23.2 Å². The van der Waals surface area contributed by atoms with Gasteiger partial charge in [-0.05, 0) is 32.9 Å². The molecular formula is C29H32F2N8O5S. The minimum absolute atomic E-state index is 0.0363. The van der Waals surface area contributed by atoms with Gasteiger partial charge in [0.05, 0.1) is 12.3 Å². The van der Waals surface area contributed by atoms with Crippen molar-refractivity contribution >= 4 is 39.0 Å². The lowest BCUT2D eigenvalue weighted by Crippen LogP contribution is -2.47. The number of nitrogens with zero attached hydrogens (tertiary/aromatic N) is 7. The highest BCUT2D eigenvalue weighted by atomic mass is 32.1. The number of fused-ring (bicyclic) bond motifs is 3. The lowest BCUT2D eigenvalue weighted by atomic mass is 10.2. The Morgan fingerprint density at radius 3 is 2.60 bits per heavy atom. The number of hydrogen-bond donors (Lipinski definition) is 1. The van der Waals surface area contributed by atoms with E-state index in [4.69, 9.17) is 24.4 Å². The van der Waals surface area contributed by atoms with E-state index in [2.05, 4.69) is 20.0 Å². The number of benzene rings is 1. The van der Waals surface area contributed by atoms with Crippen molar-refractivity contribution in [3.05, 3.63) is 51.3 Å². The second-order valence-corrected chi connectivity index (χ2v) is 12.5. The van der Waals surface area contributed by atoms with E-state index in [1.165, 1.54) is 10.6 Å². The molecule has 0 unspecified atom stereocenters. The van der Waals surface area contributed by atoms with Gasteiger partial charge in [0.2, 0.25) is 11.8 Å². The zero-order valence-electron chi connectivity index (χ0n) is 25.0. The van der Waals surface area contributed by atoms with Gasteiger partial charge in [0, 0.05) is 51.4 Å². The summed E-state index contributed by atoms with van der Waals surface area (Å²) >= 11 is 1.04. The molecule has 4 aromatic heterocycles. The molecule has 238 valence electrons. The number of piperazine rings is 1. The molecule has 16 heteroatoms. The maximum atomic E-state index is 14.9. The minimum atomic E-state index is -0.772. The van der Waals surface area contributed by atoms with Gasteiger partial charge in [-0.3, -0.25) is 14.3 Å². The number of aryl methyl sites for hydroxylation is 1. The summed E-state index contributed by atoms with van der Waals surface area (Å²) in [5.74, 6) is -0.496. The largest absolute Gasteiger partial charge is 0.488 e. The smallest absolute Gasteiger partial charge is 0.309 e. The molecule has 0 spiro atoms. The van der Waals surface area contributed by atoms with E-state index < -0.39 is 17.4 Å². The summed E-state index contributed by atoms with van der Waals surface area (Å²) in [6.45, 7) is 9.04. The Bertz CT molecular complexity index is 1940. The Kier molecular flexibility index (Phi) is 7.46. The van der Waals surface area contributed by atoms with E-state index in [1.54, 1.807) is 24.5 Å². The molecule has 13 nitrogen and oxygen atoms in total. The standard InChI is InChI=1S/C29H32F2N8O5S/c1-16-4-5-21(43-16)24-33-26-23-25(34-27(32)39(26)35-24)38(28(40)45-23)11-8-36-6-9-37(10-7-36)20-13-22(19(31)12-18(20)30)41-14-17-15-42-29(2,3)44-17/h4-5,12-13,17H,6-11,14-15H2,1-3H3,(H2,32,34)/t17-/m0/s1. The minimum Gasteiger partial charge on any atom is -0.488 e. The Hall–Kier alpha value is -4.12. The van der Waals surface area contributed by atoms with Gasteiger partial charge in [-0.2, -0.15) is 9.50 Å². The second-order valence-electron chi connectivity index (χ2n) is 11.5. The summed E-state index contributed by atoms with van der Waals surface area (Å²) in [6, 6.07) is 5.85. The van der Waals surface area contributed by atoms with Crippen molar-refractivity contribution in [2.24, 2.45) is 0 Å². The van der Waals surface area contributed by atoms with Crippen molar-refractivity contribution in [1.29, 1.82) is 0 Å². The fraction of sp³-hybridized carbons (Fsp3) is 0.448. The van der Waals surface area contributed by atoms with Crippen LogP contribution in [0.5, 0.6) is 5.75 Å². The predicted octanol–water partition coefficient (Wildman–Crippen LogP) is 3.28. The highest BCUT2D eigenvalue weighted by Gasteiger charge is 2.33. The number of halogens is 2. The van der Waals surface area contributed by atoms with Crippen LogP contribution < -0.4 is 20.2 Å². The summed E-state index contributed by atoms with van der Waals surface area (Å²) in [5.41, 5.74) is 7.38. The van der Waals surface area contributed by atoms with Crippen LogP contribution in [-0.4, -0.2) is 86.9 Å². The first-order valence-electron chi connectivity index (χ1n) is 14.6. The molecule has 0 radical (unpaired) electrons. The maximum absolute atomic E-state index is 14.9. The van der Waals surface area contributed by atoms with Gasteiger partial charge in [-0.25, -0.2) is 13.8 Å². The van der Waals surface area contributed by atoms with Crippen molar-refractivity contribution in [3.8, 4) is 17.3 Å². The third kappa shape index (κ3) is 5.74.